The van der Waals surface area contributed by atoms with Gasteiger partial charge in [0.2, 0.25) is 0 Å². The van der Waals surface area contributed by atoms with E-state index in [2.05, 4.69) is 28.2 Å². The SMILES string of the molecule is O=C(O)c1ccc(OCCCSc2ncnc3sc(-c4ccccc4)cc23)cc1. The van der Waals surface area contributed by atoms with Crippen molar-refractivity contribution in [3.63, 3.8) is 0 Å². The number of carboxylic acids is 1. The molecule has 5 nitrogen and oxygen atoms in total. The van der Waals surface area contributed by atoms with Crippen molar-refractivity contribution in [2.45, 2.75) is 11.4 Å². The van der Waals surface area contributed by atoms with Crippen molar-refractivity contribution in [1.29, 1.82) is 0 Å². The minimum Gasteiger partial charge on any atom is -0.494 e. The fourth-order valence-corrected chi connectivity index (χ4v) is 4.76. The molecule has 2 heterocycles. The number of rotatable bonds is 8. The molecule has 0 saturated carbocycles. The van der Waals surface area contributed by atoms with Crippen LogP contribution in [0.4, 0.5) is 0 Å². The second kappa shape index (κ2) is 9.07. The van der Waals surface area contributed by atoms with Crippen molar-refractivity contribution >= 4 is 39.3 Å². The molecule has 0 aliphatic carbocycles. The molecule has 0 saturated heterocycles. The quantitative estimate of drug-likeness (QED) is 0.226. The van der Waals surface area contributed by atoms with Crippen LogP contribution >= 0.6 is 23.1 Å². The zero-order valence-electron chi connectivity index (χ0n) is 15.4. The number of nitrogens with zero attached hydrogens (tertiary/aromatic N) is 2. The molecule has 146 valence electrons. The maximum absolute atomic E-state index is 10.9. The molecule has 2 aromatic heterocycles. The Labute approximate surface area is 176 Å². The van der Waals surface area contributed by atoms with Crippen LogP contribution in [0.3, 0.4) is 0 Å². The molecular weight excluding hydrogens is 404 g/mol. The average Bonchev–Trinajstić information content (AvgIpc) is 3.20. The maximum Gasteiger partial charge on any atom is 0.335 e. The fraction of sp³-hybridized carbons (Fsp3) is 0.136. The molecule has 4 rings (SSSR count). The number of ether oxygens (including phenoxy) is 1. The van der Waals surface area contributed by atoms with Gasteiger partial charge in [0.05, 0.1) is 12.2 Å². The van der Waals surface area contributed by atoms with Crippen LogP contribution in [0, 0.1) is 0 Å². The number of benzene rings is 2. The van der Waals surface area contributed by atoms with Gasteiger partial charge in [0, 0.05) is 16.0 Å². The summed E-state index contributed by atoms with van der Waals surface area (Å²) < 4.78 is 5.69. The van der Waals surface area contributed by atoms with E-state index in [1.165, 1.54) is 10.4 Å². The Morgan fingerprint density at radius 2 is 1.86 bits per heavy atom. The van der Waals surface area contributed by atoms with Crippen LogP contribution in [0.25, 0.3) is 20.7 Å². The van der Waals surface area contributed by atoms with Gasteiger partial charge in [-0.3, -0.25) is 0 Å². The van der Waals surface area contributed by atoms with Gasteiger partial charge in [0.25, 0.3) is 0 Å². The summed E-state index contributed by atoms with van der Waals surface area (Å²) in [6.07, 6.45) is 2.48. The van der Waals surface area contributed by atoms with Crippen molar-refractivity contribution < 1.29 is 14.6 Å². The third-order valence-corrected chi connectivity index (χ3v) is 6.43. The molecule has 4 aromatic rings. The van der Waals surface area contributed by atoms with Crippen LogP contribution in [0.1, 0.15) is 16.8 Å². The van der Waals surface area contributed by atoms with Crippen molar-refractivity contribution in [3.8, 4) is 16.2 Å². The number of thioether (sulfide) groups is 1. The van der Waals surface area contributed by atoms with Crippen LogP contribution in [-0.4, -0.2) is 33.4 Å². The molecular formula is C22H18N2O3S2. The van der Waals surface area contributed by atoms with E-state index < -0.39 is 5.97 Å². The Morgan fingerprint density at radius 3 is 2.62 bits per heavy atom. The Balaban J connectivity index is 1.34. The molecule has 0 radical (unpaired) electrons. The minimum atomic E-state index is -0.937. The van der Waals surface area contributed by atoms with Crippen LogP contribution in [0.2, 0.25) is 0 Å². The second-order valence-electron chi connectivity index (χ2n) is 6.25. The summed E-state index contributed by atoms with van der Waals surface area (Å²) in [5.41, 5.74) is 1.44. The third-order valence-electron chi connectivity index (χ3n) is 4.25. The summed E-state index contributed by atoms with van der Waals surface area (Å²) in [4.78, 5) is 21.9. The first-order valence-electron chi connectivity index (χ1n) is 9.09. The summed E-state index contributed by atoms with van der Waals surface area (Å²) >= 11 is 3.38. The lowest BCUT2D eigenvalue weighted by Crippen LogP contribution is -2.00. The van der Waals surface area contributed by atoms with Crippen LogP contribution in [-0.2, 0) is 0 Å². The van der Waals surface area contributed by atoms with Crippen LogP contribution < -0.4 is 4.74 Å². The van der Waals surface area contributed by atoms with Crippen molar-refractivity contribution in [2.75, 3.05) is 12.4 Å². The van der Waals surface area contributed by atoms with Crippen molar-refractivity contribution in [2.24, 2.45) is 0 Å². The van der Waals surface area contributed by atoms with E-state index in [0.717, 1.165) is 27.4 Å². The predicted octanol–water partition coefficient (Wildman–Crippen LogP) is 5.62. The summed E-state index contributed by atoms with van der Waals surface area (Å²) in [6.45, 7) is 0.562. The number of carbonyl (C=O) groups is 1. The summed E-state index contributed by atoms with van der Waals surface area (Å²) in [5.74, 6) is 0.610. The largest absolute Gasteiger partial charge is 0.494 e. The lowest BCUT2D eigenvalue weighted by Gasteiger charge is -2.06. The Morgan fingerprint density at radius 1 is 1.07 bits per heavy atom. The first-order valence-corrected chi connectivity index (χ1v) is 10.9. The maximum atomic E-state index is 10.9. The van der Waals surface area contributed by atoms with E-state index in [4.69, 9.17) is 9.84 Å². The molecule has 0 atom stereocenters. The first-order chi connectivity index (χ1) is 14.2. The lowest BCUT2D eigenvalue weighted by atomic mass is 10.2. The van der Waals surface area contributed by atoms with E-state index in [1.54, 1.807) is 53.7 Å². The summed E-state index contributed by atoms with van der Waals surface area (Å²) in [7, 11) is 0. The number of hydrogen-bond donors (Lipinski definition) is 1. The molecule has 0 aliphatic rings. The van der Waals surface area contributed by atoms with Gasteiger partial charge in [-0.2, -0.15) is 0 Å². The van der Waals surface area contributed by atoms with E-state index in [0.29, 0.717) is 12.4 Å². The van der Waals surface area contributed by atoms with Gasteiger partial charge in [-0.15, -0.1) is 23.1 Å². The van der Waals surface area contributed by atoms with Crippen LogP contribution in [0.5, 0.6) is 5.75 Å². The van der Waals surface area contributed by atoms with Gasteiger partial charge >= 0.3 is 5.97 Å². The number of aromatic carboxylic acids is 1. The van der Waals surface area contributed by atoms with E-state index >= 15 is 0 Å². The molecule has 0 spiro atoms. The summed E-state index contributed by atoms with van der Waals surface area (Å²) in [6, 6.07) is 18.9. The van der Waals surface area contributed by atoms with Gasteiger partial charge in [-0.25, -0.2) is 14.8 Å². The van der Waals surface area contributed by atoms with Gasteiger partial charge in [-0.1, -0.05) is 30.3 Å². The molecule has 0 amide bonds. The average molecular weight is 423 g/mol. The number of fused-ring (bicyclic) bond motifs is 1. The second-order valence-corrected chi connectivity index (χ2v) is 8.37. The Kier molecular flexibility index (Phi) is 6.07. The Hall–Kier alpha value is -2.90. The molecule has 1 N–H and O–H groups in total. The predicted molar refractivity (Wildman–Crippen MR) is 117 cm³/mol. The van der Waals surface area contributed by atoms with E-state index in [1.807, 2.05) is 18.2 Å². The van der Waals surface area contributed by atoms with Gasteiger partial charge < -0.3 is 9.84 Å². The monoisotopic (exact) mass is 422 g/mol. The summed E-state index contributed by atoms with van der Waals surface area (Å²) in [5, 5.41) is 11.0. The highest BCUT2D eigenvalue weighted by Gasteiger charge is 2.10. The number of aromatic nitrogens is 2. The smallest absolute Gasteiger partial charge is 0.335 e. The molecule has 0 bridgehead atoms. The highest BCUT2D eigenvalue weighted by molar-refractivity contribution is 7.99. The molecule has 0 aliphatic heterocycles. The van der Waals surface area contributed by atoms with E-state index in [-0.39, 0.29) is 5.56 Å². The number of thiophene rings is 1. The van der Waals surface area contributed by atoms with Gasteiger partial charge in [0.1, 0.15) is 21.9 Å². The minimum absolute atomic E-state index is 0.256. The zero-order chi connectivity index (χ0) is 20.1. The molecule has 2 aromatic carbocycles. The highest BCUT2D eigenvalue weighted by Crippen LogP contribution is 2.36. The molecule has 0 unspecified atom stereocenters. The molecule has 7 heteroatoms. The molecule has 0 fully saturated rings. The lowest BCUT2D eigenvalue weighted by molar-refractivity contribution is 0.0697. The Bertz CT molecular complexity index is 1110. The fourth-order valence-electron chi connectivity index (χ4n) is 2.81. The third kappa shape index (κ3) is 4.75. The normalized spacial score (nSPS) is 10.9. The molecule has 29 heavy (non-hydrogen) atoms. The van der Waals surface area contributed by atoms with Crippen LogP contribution in [0.15, 0.2) is 72.0 Å². The first kappa shape index (κ1) is 19.4. The number of carboxylic acid groups (broad SMARTS) is 1. The van der Waals surface area contributed by atoms with E-state index in [9.17, 15) is 4.79 Å². The zero-order valence-corrected chi connectivity index (χ0v) is 17.1. The topological polar surface area (TPSA) is 72.3 Å². The van der Waals surface area contributed by atoms with Crippen molar-refractivity contribution in [1.82, 2.24) is 9.97 Å². The van der Waals surface area contributed by atoms with Gasteiger partial charge in [-0.05, 0) is 42.3 Å². The van der Waals surface area contributed by atoms with Gasteiger partial charge in [0.15, 0.2) is 0 Å². The van der Waals surface area contributed by atoms with Crippen molar-refractivity contribution in [3.05, 3.63) is 72.6 Å². The standard InChI is InChI=1S/C22H18N2O3S2/c25-22(26)16-7-9-17(10-8-16)27-11-4-12-28-20-18-13-19(15-5-2-1-3-6-15)29-21(18)24-14-23-20/h1-3,5-10,13-14H,4,11-12H2,(H,25,26). The number of hydrogen-bond acceptors (Lipinski definition) is 6. The highest BCUT2D eigenvalue weighted by atomic mass is 32.2.